The van der Waals surface area contributed by atoms with E-state index in [1.54, 1.807) is 0 Å². The lowest BCUT2D eigenvalue weighted by molar-refractivity contribution is -0.178. The van der Waals surface area contributed by atoms with Gasteiger partial charge in [0.25, 0.3) is 5.92 Å². The summed E-state index contributed by atoms with van der Waals surface area (Å²) in [4.78, 5) is 0. The molecule has 0 aromatic heterocycles. The van der Waals surface area contributed by atoms with Crippen molar-refractivity contribution in [3.8, 4) is 0 Å². The van der Waals surface area contributed by atoms with Gasteiger partial charge in [0.05, 0.1) is 6.42 Å². The molecule has 0 amide bonds. The van der Waals surface area contributed by atoms with Crippen LogP contribution in [0.2, 0.25) is 0 Å². The van der Waals surface area contributed by atoms with Gasteiger partial charge in [-0.1, -0.05) is 6.92 Å². The SMILES string of the molecule is [CH2]CCC(F)(F)[C@@H](F)CC(F)(F)F. The Hall–Kier alpha value is -0.420. The molecule has 0 rings (SSSR count). The molecule has 1 radical (unpaired) electrons. The molecule has 0 saturated heterocycles. The zero-order valence-corrected chi connectivity index (χ0v) is 6.67. The zero-order valence-electron chi connectivity index (χ0n) is 6.67. The standard InChI is InChI=1S/C7H9F6/c1-2-3-6(9,10)5(8)4-7(11,12)13/h5H,1-4H2/t5-/m0/s1. The molecular formula is C7H9F6. The van der Waals surface area contributed by atoms with Crippen molar-refractivity contribution >= 4 is 0 Å². The van der Waals surface area contributed by atoms with Crippen molar-refractivity contribution in [2.45, 2.75) is 37.5 Å². The van der Waals surface area contributed by atoms with Crippen molar-refractivity contribution < 1.29 is 26.3 Å². The third-order valence-corrected chi connectivity index (χ3v) is 1.38. The Morgan fingerprint density at radius 1 is 1.08 bits per heavy atom. The van der Waals surface area contributed by atoms with Crippen LogP contribution in [0.5, 0.6) is 0 Å². The fraction of sp³-hybridized carbons (Fsp3) is 0.857. The van der Waals surface area contributed by atoms with E-state index in [0.29, 0.717) is 0 Å². The average molecular weight is 207 g/mol. The highest BCUT2D eigenvalue weighted by atomic mass is 19.4. The molecule has 0 bridgehead atoms. The molecule has 0 aliphatic rings. The molecule has 6 heteroatoms. The van der Waals surface area contributed by atoms with Gasteiger partial charge in [-0.05, 0) is 6.42 Å². The summed E-state index contributed by atoms with van der Waals surface area (Å²) in [6.07, 6.45) is -11.5. The van der Waals surface area contributed by atoms with E-state index in [0.717, 1.165) is 0 Å². The largest absolute Gasteiger partial charge is 0.392 e. The lowest BCUT2D eigenvalue weighted by Gasteiger charge is -2.20. The normalized spacial score (nSPS) is 15.9. The van der Waals surface area contributed by atoms with Gasteiger partial charge in [0, 0.05) is 6.42 Å². The Labute approximate surface area is 71.9 Å². The molecule has 0 aromatic rings. The van der Waals surface area contributed by atoms with E-state index in [1.165, 1.54) is 0 Å². The molecule has 0 heterocycles. The molecular weight excluding hydrogens is 198 g/mol. The number of hydrogen-bond acceptors (Lipinski definition) is 0. The first-order valence-corrected chi connectivity index (χ1v) is 3.57. The second-order valence-corrected chi connectivity index (χ2v) is 2.65. The van der Waals surface area contributed by atoms with Crippen LogP contribution >= 0.6 is 0 Å². The highest BCUT2D eigenvalue weighted by Crippen LogP contribution is 2.34. The lowest BCUT2D eigenvalue weighted by Crippen LogP contribution is -2.33. The summed E-state index contributed by atoms with van der Waals surface area (Å²) in [6, 6.07) is 0. The van der Waals surface area contributed by atoms with Gasteiger partial charge >= 0.3 is 6.18 Å². The van der Waals surface area contributed by atoms with Crippen molar-refractivity contribution in [1.29, 1.82) is 0 Å². The molecule has 0 aromatic carbocycles. The van der Waals surface area contributed by atoms with Crippen molar-refractivity contribution in [2.24, 2.45) is 0 Å². The van der Waals surface area contributed by atoms with Gasteiger partial charge in [-0.15, -0.1) is 0 Å². The first-order chi connectivity index (χ1) is 5.69. The molecule has 0 unspecified atom stereocenters. The van der Waals surface area contributed by atoms with Gasteiger partial charge in [0.2, 0.25) is 0 Å². The lowest BCUT2D eigenvalue weighted by atomic mass is 10.1. The molecule has 0 N–H and O–H groups in total. The van der Waals surface area contributed by atoms with Crippen LogP contribution in [0.1, 0.15) is 19.3 Å². The van der Waals surface area contributed by atoms with Gasteiger partial charge in [-0.2, -0.15) is 13.2 Å². The summed E-state index contributed by atoms with van der Waals surface area (Å²) < 4.78 is 71.7. The maximum atomic E-state index is 12.4. The molecule has 79 valence electrons. The summed E-state index contributed by atoms with van der Waals surface area (Å²) in [5.41, 5.74) is 0. The predicted molar refractivity (Wildman–Crippen MR) is 35.1 cm³/mol. The number of alkyl halides is 6. The van der Waals surface area contributed by atoms with E-state index in [2.05, 4.69) is 6.92 Å². The average Bonchev–Trinajstić information content (AvgIpc) is 1.82. The minimum absolute atomic E-state index is 0.300. The van der Waals surface area contributed by atoms with Crippen LogP contribution in [0, 0.1) is 6.92 Å². The van der Waals surface area contributed by atoms with Crippen molar-refractivity contribution in [3.63, 3.8) is 0 Å². The van der Waals surface area contributed by atoms with Gasteiger partial charge in [0.15, 0.2) is 6.17 Å². The Balaban J connectivity index is 4.16. The molecule has 0 saturated carbocycles. The van der Waals surface area contributed by atoms with Crippen molar-refractivity contribution in [2.75, 3.05) is 0 Å². The third-order valence-electron chi connectivity index (χ3n) is 1.38. The van der Waals surface area contributed by atoms with Crippen LogP contribution in [0.3, 0.4) is 0 Å². The topological polar surface area (TPSA) is 0 Å². The van der Waals surface area contributed by atoms with Crippen LogP contribution in [0.15, 0.2) is 0 Å². The third kappa shape index (κ3) is 5.00. The summed E-state index contributed by atoms with van der Waals surface area (Å²) >= 11 is 0. The fourth-order valence-electron chi connectivity index (χ4n) is 0.745. The fourth-order valence-corrected chi connectivity index (χ4v) is 0.745. The summed E-state index contributed by atoms with van der Waals surface area (Å²) in [5, 5.41) is 0. The minimum Gasteiger partial charge on any atom is -0.240 e. The summed E-state index contributed by atoms with van der Waals surface area (Å²) in [5.74, 6) is -3.93. The van der Waals surface area contributed by atoms with Gasteiger partial charge in [-0.3, -0.25) is 0 Å². The first-order valence-electron chi connectivity index (χ1n) is 3.57. The zero-order chi connectivity index (χ0) is 10.7. The smallest absolute Gasteiger partial charge is 0.240 e. The number of rotatable bonds is 4. The van der Waals surface area contributed by atoms with Crippen LogP contribution in [0.4, 0.5) is 26.3 Å². The minimum atomic E-state index is -4.90. The maximum absolute atomic E-state index is 12.4. The molecule has 0 fully saturated rings. The molecule has 1 atom stereocenters. The summed E-state index contributed by atoms with van der Waals surface area (Å²) in [7, 11) is 0. The van der Waals surface area contributed by atoms with Crippen LogP contribution in [-0.4, -0.2) is 18.3 Å². The Bertz CT molecular complexity index is 150. The first kappa shape index (κ1) is 12.6. The van der Waals surface area contributed by atoms with E-state index >= 15 is 0 Å². The maximum Gasteiger partial charge on any atom is 0.392 e. The second-order valence-electron chi connectivity index (χ2n) is 2.65. The van der Waals surface area contributed by atoms with Crippen LogP contribution in [-0.2, 0) is 0 Å². The number of halogens is 6. The van der Waals surface area contributed by atoms with E-state index < -0.39 is 31.1 Å². The second kappa shape index (κ2) is 4.19. The molecule has 0 aliphatic carbocycles. The molecule has 0 nitrogen and oxygen atoms in total. The highest BCUT2D eigenvalue weighted by molar-refractivity contribution is 4.79. The van der Waals surface area contributed by atoms with Crippen molar-refractivity contribution in [3.05, 3.63) is 6.92 Å². The predicted octanol–water partition coefficient (Wildman–Crippen LogP) is 3.53. The molecule has 0 spiro atoms. The molecule has 13 heavy (non-hydrogen) atoms. The van der Waals surface area contributed by atoms with Gasteiger partial charge < -0.3 is 0 Å². The van der Waals surface area contributed by atoms with E-state index in [1.807, 2.05) is 0 Å². The molecule has 0 aliphatic heterocycles. The van der Waals surface area contributed by atoms with Crippen LogP contribution < -0.4 is 0 Å². The Morgan fingerprint density at radius 3 is 1.85 bits per heavy atom. The van der Waals surface area contributed by atoms with Crippen LogP contribution in [0.25, 0.3) is 0 Å². The van der Waals surface area contributed by atoms with E-state index in [-0.39, 0.29) is 6.42 Å². The Morgan fingerprint density at radius 2 is 1.54 bits per heavy atom. The Kier molecular flexibility index (Phi) is 4.06. The quantitative estimate of drug-likeness (QED) is 0.618. The van der Waals surface area contributed by atoms with Gasteiger partial charge in [-0.25, -0.2) is 13.2 Å². The van der Waals surface area contributed by atoms with E-state index in [9.17, 15) is 26.3 Å². The number of hydrogen-bond donors (Lipinski definition) is 0. The van der Waals surface area contributed by atoms with Crippen molar-refractivity contribution in [1.82, 2.24) is 0 Å². The summed E-state index contributed by atoms with van der Waals surface area (Å²) in [6.45, 7) is 3.02. The van der Waals surface area contributed by atoms with Gasteiger partial charge in [0.1, 0.15) is 0 Å². The monoisotopic (exact) mass is 207 g/mol. The van der Waals surface area contributed by atoms with E-state index in [4.69, 9.17) is 0 Å². The highest BCUT2D eigenvalue weighted by Gasteiger charge is 2.45.